The number of cyclic esters (lactones) is 1. The van der Waals surface area contributed by atoms with Gasteiger partial charge >= 0.3 is 11.9 Å². The lowest BCUT2D eigenvalue weighted by atomic mass is 10.0. The van der Waals surface area contributed by atoms with Crippen molar-refractivity contribution in [3.05, 3.63) is 47.5 Å². The zero-order valence-electron chi connectivity index (χ0n) is 9.65. The molecule has 0 amide bonds. The second kappa shape index (κ2) is 3.73. The van der Waals surface area contributed by atoms with Crippen molar-refractivity contribution in [3.8, 4) is 0 Å². The highest BCUT2D eigenvalue weighted by Gasteiger charge is 2.44. The average Bonchev–Trinajstić information content (AvgIpc) is 2.52. The van der Waals surface area contributed by atoms with E-state index in [-0.39, 0.29) is 5.57 Å². The fourth-order valence-electron chi connectivity index (χ4n) is 1.68. The molecule has 1 aromatic carbocycles. The van der Waals surface area contributed by atoms with Crippen molar-refractivity contribution in [2.24, 2.45) is 0 Å². The van der Waals surface area contributed by atoms with Crippen molar-refractivity contribution in [2.45, 2.75) is 19.6 Å². The summed E-state index contributed by atoms with van der Waals surface area (Å²) in [5.74, 6) is -2.43. The van der Waals surface area contributed by atoms with E-state index in [1.54, 1.807) is 24.3 Å². The summed E-state index contributed by atoms with van der Waals surface area (Å²) in [4.78, 5) is 23.1. The van der Waals surface area contributed by atoms with Crippen LogP contribution in [0, 0.1) is 0 Å². The molecule has 0 bridgehead atoms. The van der Waals surface area contributed by atoms with Gasteiger partial charge in [0, 0.05) is 12.5 Å². The molecule has 1 unspecified atom stereocenters. The Labute approximate surface area is 98.8 Å². The van der Waals surface area contributed by atoms with Crippen molar-refractivity contribution < 1.29 is 19.1 Å². The molecule has 4 nitrogen and oxygen atoms in total. The first-order valence-corrected chi connectivity index (χ1v) is 5.16. The van der Waals surface area contributed by atoms with Gasteiger partial charge < -0.3 is 9.47 Å². The predicted molar refractivity (Wildman–Crippen MR) is 60.1 cm³/mol. The normalized spacial score (nSPS) is 21.6. The number of benzene rings is 1. The SMILES string of the molecule is C=C(C)C(=O)OC1(C)OC(=O)c2ccccc21. The molecule has 0 saturated heterocycles. The third-order valence-corrected chi connectivity index (χ3v) is 2.56. The number of fused-ring (bicyclic) bond motifs is 1. The fraction of sp³-hybridized carbons (Fsp3) is 0.231. The number of esters is 2. The lowest BCUT2D eigenvalue weighted by molar-refractivity contribution is -0.198. The molecule has 0 N–H and O–H groups in total. The van der Waals surface area contributed by atoms with Gasteiger partial charge in [-0.1, -0.05) is 24.8 Å². The summed E-state index contributed by atoms with van der Waals surface area (Å²) < 4.78 is 10.3. The van der Waals surface area contributed by atoms with Crippen molar-refractivity contribution in [2.75, 3.05) is 0 Å². The molecule has 17 heavy (non-hydrogen) atoms. The van der Waals surface area contributed by atoms with Gasteiger partial charge in [-0.25, -0.2) is 9.59 Å². The molecule has 1 aromatic rings. The van der Waals surface area contributed by atoms with Gasteiger partial charge in [0.1, 0.15) is 0 Å². The van der Waals surface area contributed by atoms with Crippen LogP contribution < -0.4 is 0 Å². The Kier molecular flexibility index (Phi) is 2.50. The van der Waals surface area contributed by atoms with E-state index in [1.165, 1.54) is 13.8 Å². The van der Waals surface area contributed by atoms with E-state index in [4.69, 9.17) is 9.47 Å². The minimum Gasteiger partial charge on any atom is -0.415 e. The third kappa shape index (κ3) is 1.82. The summed E-state index contributed by atoms with van der Waals surface area (Å²) >= 11 is 0. The standard InChI is InChI=1S/C13H12O4/c1-8(2)11(14)16-13(3)10-7-5-4-6-9(10)12(15)17-13/h4-7H,1H2,2-3H3. The molecule has 0 saturated carbocycles. The van der Waals surface area contributed by atoms with Crippen LogP contribution in [0.2, 0.25) is 0 Å². The zero-order valence-corrected chi connectivity index (χ0v) is 9.65. The van der Waals surface area contributed by atoms with Crippen LogP contribution in [-0.4, -0.2) is 11.9 Å². The van der Waals surface area contributed by atoms with Gasteiger partial charge in [0.25, 0.3) is 5.79 Å². The van der Waals surface area contributed by atoms with Gasteiger partial charge in [-0.05, 0) is 13.0 Å². The van der Waals surface area contributed by atoms with E-state index in [9.17, 15) is 9.59 Å². The van der Waals surface area contributed by atoms with Crippen LogP contribution in [0.1, 0.15) is 29.8 Å². The van der Waals surface area contributed by atoms with Gasteiger partial charge in [0.05, 0.1) is 11.1 Å². The predicted octanol–water partition coefficient (Wildman–Crippen LogP) is 2.15. The highest BCUT2D eigenvalue weighted by atomic mass is 16.7. The number of ether oxygens (including phenoxy) is 2. The zero-order chi connectivity index (χ0) is 12.6. The van der Waals surface area contributed by atoms with Crippen molar-refractivity contribution in [3.63, 3.8) is 0 Å². The Morgan fingerprint density at radius 1 is 1.41 bits per heavy atom. The molecule has 1 aliphatic rings. The minimum absolute atomic E-state index is 0.256. The Balaban J connectivity index is 2.38. The maximum absolute atomic E-state index is 11.6. The summed E-state index contributed by atoms with van der Waals surface area (Å²) in [6.45, 7) is 6.56. The number of carbonyl (C=O) groups is 2. The lowest BCUT2D eigenvalue weighted by Gasteiger charge is -2.23. The Bertz CT molecular complexity index is 518. The van der Waals surface area contributed by atoms with Crippen molar-refractivity contribution >= 4 is 11.9 Å². The number of hydrogen-bond donors (Lipinski definition) is 0. The quantitative estimate of drug-likeness (QED) is 0.579. The first-order chi connectivity index (χ1) is 7.94. The topological polar surface area (TPSA) is 52.6 Å². The summed E-state index contributed by atoms with van der Waals surface area (Å²) in [6.07, 6.45) is 0. The van der Waals surface area contributed by atoms with E-state index < -0.39 is 17.7 Å². The number of rotatable bonds is 2. The second-order valence-corrected chi connectivity index (χ2v) is 4.05. The molecule has 1 aliphatic heterocycles. The van der Waals surface area contributed by atoms with Crippen LogP contribution in [0.4, 0.5) is 0 Å². The van der Waals surface area contributed by atoms with E-state index >= 15 is 0 Å². The largest absolute Gasteiger partial charge is 0.415 e. The molecule has 0 spiro atoms. The molecule has 2 rings (SSSR count). The average molecular weight is 232 g/mol. The molecular weight excluding hydrogens is 220 g/mol. The highest BCUT2D eigenvalue weighted by molar-refractivity contribution is 5.95. The maximum atomic E-state index is 11.6. The molecule has 0 aromatic heterocycles. The third-order valence-electron chi connectivity index (χ3n) is 2.56. The van der Waals surface area contributed by atoms with Crippen LogP contribution in [0.3, 0.4) is 0 Å². The van der Waals surface area contributed by atoms with Gasteiger partial charge in [-0.3, -0.25) is 0 Å². The van der Waals surface area contributed by atoms with Crippen molar-refractivity contribution in [1.82, 2.24) is 0 Å². The Morgan fingerprint density at radius 3 is 2.71 bits per heavy atom. The van der Waals surface area contributed by atoms with Gasteiger partial charge in [0.15, 0.2) is 0 Å². The van der Waals surface area contributed by atoms with Gasteiger partial charge in [-0.2, -0.15) is 0 Å². The number of hydrogen-bond acceptors (Lipinski definition) is 4. The first-order valence-electron chi connectivity index (χ1n) is 5.16. The van der Waals surface area contributed by atoms with E-state index in [1.807, 2.05) is 0 Å². The van der Waals surface area contributed by atoms with Crippen LogP contribution in [0.15, 0.2) is 36.4 Å². The number of carbonyl (C=O) groups excluding carboxylic acids is 2. The van der Waals surface area contributed by atoms with E-state index in [0.717, 1.165) is 0 Å². The lowest BCUT2D eigenvalue weighted by Crippen LogP contribution is -2.29. The summed E-state index contributed by atoms with van der Waals surface area (Å²) in [6, 6.07) is 6.82. The maximum Gasteiger partial charge on any atom is 0.342 e. The minimum atomic E-state index is -1.36. The molecule has 0 fully saturated rings. The van der Waals surface area contributed by atoms with E-state index in [2.05, 4.69) is 6.58 Å². The highest BCUT2D eigenvalue weighted by Crippen LogP contribution is 2.37. The summed E-state index contributed by atoms with van der Waals surface area (Å²) in [5.41, 5.74) is 1.23. The van der Waals surface area contributed by atoms with E-state index in [0.29, 0.717) is 11.1 Å². The monoisotopic (exact) mass is 232 g/mol. The first kappa shape index (κ1) is 11.4. The van der Waals surface area contributed by atoms with Crippen LogP contribution in [0.5, 0.6) is 0 Å². The smallest absolute Gasteiger partial charge is 0.342 e. The fourth-order valence-corrected chi connectivity index (χ4v) is 1.68. The van der Waals surface area contributed by atoms with Crippen LogP contribution >= 0.6 is 0 Å². The molecule has 88 valence electrons. The molecule has 0 aliphatic carbocycles. The van der Waals surface area contributed by atoms with Gasteiger partial charge in [-0.15, -0.1) is 0 Å². The summed E-state index contributed by atoms with van der Waals surface area (Å²) in [7, 11) is 0. The molecule has 0 radical (unpaired) electrons. The molecule has 1 atom stereocenters. The van der Waals surface area contributed by atoms with Crippen molar-refractivity contribution in [1.29, 1.82) is 0 Å². The van der Waals surface area contributed by atoms with Crippen LogP contribution in [0.25, 0.3) is 0 Å². The van der Waals surface area contributed by atoms with Crippen LogP contribution in [-0.2, 0) is 20.1 Å². The molecule has 4 heteroatoms. The Hall–Kier alpha value is -2.10. The molecular formula is C13H12O4. The summed E-state index contributed by atoms with van der Waals surface area (Å²) in [5, 5.41) is 0. The molecule has 1 heterocycles. The Morgan fingerprint density at radius 2 is 2.06 bits per heavy atom. The van der Waals surface area contributed by atoms with Gasteiger partial charge in [0.2, 0.25) is 0 Å². The second-order valence-electron chi connectivity index (χ2n) is 4.05.